The minimum absolute atomic E-state index is 0.0122. The number of hydrogen-bond donors (Lipinski definition) is 0. The molecule has 5 rings (SSSR count). The Bertz CT molecular complexity index is 1040. The van der Waals surface area contributed by atoms with E-state index in [9.17, 15) is 9.18 Å². The van der Waals surface area contributed by atoms with E-state index < -0.39 is 5.60 Å². The number of anilines is 1. The molecule has 0 saturated carbocycles. The third-order valence-electron chi connectivity index (χ3n) is 6.67. The van der Waals surface area contributed by atoms with E-state index in [-0.39, 0.29) is 24.0 Å². The summed E-state index contributed by atoms with van der Waals surface area (Å²) >= 11 is 0. The van der Waals surface area contributed by atoms with Gasteiger partial charge in [0, 0.05) is 31.5 Å². The number of nitrogens with zero attached hydrogens (tertiary/aromatic N) is 4. The topological polar surface area (TPSA) is 69.5 Å². The molecular formula is C23H23FN4O2. The molecule has 2 aromatic rings. The summed E-state index contributed by atoms with van der Waals surface area (Å²) in [6.45, 7) is 3.12. The van der Waals surface area contributed by atoms with Gasteiger partial charge in [-0.2, -0.15) is 5.26 Å². The van der Waals surface area contributed by atoms with Gasteiger partial charge in [0.1, 0.15) is 23.9 Å². The number of rotatable bonds is 2. The first-order chi connectivity index (χ1) is 14.5. The van der Waals surface area contributed by atoms with Crippen molar-refractivity contribution in [2.24, 2.45) is 0 Å². The lowest BCUT2D eigenvalue weighted by molar-refractivity contribution is -0.140. The van der Waals surface area contributed by atoms with Crippen LogP contribution in [0.3, 0.4) is 0 Å². The van der Waals surface area contributed by atoms with Crippen molar-refractivity contribution in [3.63, 3.8) is 0 Å². The number of nitriles is 1. The summed E-state index contributed by atoms with van der Waals surface area (Å²) in [5.41, 5.74) is 1.02. The Labute approximate surface area is 174 Å². The zero-order valence-electron chi connectivity index (χ0n) is 16.8. The Kier molecular flexibility index (Phi) is 4.48. The van der Waals surface area contributed by atoms with Crippen LogP contribution in [-0.4, -0.2) is 40.7 Å². The Balaban J connectivity index is 1.33. The number of aryl methyl sites for hydroxylation is 1. The smallest absolute Gasteiger partial charge is 0.257 e. The highest BCUT2D eigenvalue weighted by Crippen LogP contribution is 2.48. The van der Waals surface area contributed by atoms with E-state index in [1.54, 1.807) is 23.1 Å². The molecule has 30 heavy (non-hydrogen) atoms. The van der Waals surface area contributed by atoms with Gasteiger partial charge in [-0.15, -0.1) is 0 Å². The summed E-state index contributed by atoms with van der Waals surface area (Å²) in [5.74, 6) is 0.535. The van der Waals surface area contributed by atoms with E-state index in [1.165, 1.54) is 6.07 Å². The molecule has 1 amide bonds. The van der Waals surface area contributed by atoms with Crippen molar-refractivity contribution in [3.05, 3.63) is 59.0 Å². The van der Waals surface area contributed by atoms with Gasteiger partial charge in [0.2, 0.25) is 0 Å². The minimum Gasteiger partial charge on any atom is -0.356 e. The van der Waals surface area contributed by atoms with Crippen LogP contribution in [0.25, 0.3) is 0 Å². The SMILES string of the molecule is Cc1nc(N2CCC3(CC2)O[C@@H]2CC[C@@H](c4ccccc4F)N2C3=O)ccc1C#N. The average molecular weight is 406 g/mol. The van der Waals surface area contributed by atoms with Crippen LogP contribution >= 0.6 is 0 Å². The van der Waals surface area contributed by atoms with Crippen LogP contribution in [0.15, 0.2) is 36.4 Å². The fourth-order valence-corrected chi connectivity index (χ4v) is 5.03. The molecule has 0 bridgehead atoms. The van der Waals surface area contributed by atoms with Crippen molar-refractivity contribution in [1.29, 1.82) is 5.26 Å². The standard InChI is InChI=1S/C23H23FN4O2/c1-15-16(14-25)6-8-20(26-15)27-12-10-23(11-13-27)22(29)28-19(7-9-21(28)30-23)17-4-2-3-5-18(17)24/h2-6,8,19,21H,7,9-13H2,1H3/t19-,21+/m0/s1. The second kappa shape index (κ2) is 7.06. The van der Waals surface area contributed by atoms with Crippen LogP contribution < -0.4 is 4.90 Å². The molecule has 1 aromatic heterocycles. The van der Waals surface area contributed by atoms with Gasteiger partial charge in [-0.25, -0.2) is 9.37 Å². The second-order valence-corrected chi connectivity index (χ2v) is 8.30. The Morgan fingerprint density at radius 3 is 2.67 bits per heavy atom. The highest BCUT2D eigenvalue weighted by atomic mass is 19.1. The van der Waals surface area contributed by atoms with Gasteiger partial charge in [0.25, 0.3) is 5.91 Å². The van der Waals surface area contributed by atoms with Gasteiger partial charge in [-0.05, 0) is 38.0 Å². The van der Waals surface area contributed by atoms with E-state index >= 15 is 0 Å². The number of ether oxygens (including phenoxy) is 1. The van der Waals surface area contributed by atoms with Crippen LogP contribution in [0, 0.1) is 24.1 Å². The third-order valence-corrected chi connectivity index (χ3v) is 6.67. The lowest BCUT2D eigenvalue weighted by atomic mass is 9.89. The molecule has 3 saturated heterocycles. The highest BCUT2D eigenvalue weighted by Gasteiger charge is 2.58. The maximum atomic E-state index is 14.4. The number of amides is 1. The number of carbonyl (C=O) groups is 1. The molecule has 7 heteroatoms. The number of pyridine rings is 1. The lowest BCUT2D eigenvalue weighted by Gasteiger charge is -2.38. The summed E-state index contributed by atoms with van der Waals surface area (Å²) < 4.78 is 20.7. The fourth-order valence-electron chi connectivity index (χ4n) is 5.03. The first-order valence-electron chi connectivity index (χ1n) is 10.4. The largest absolute Gasteiger partial charge is 0.356 e. The molecule has 0 radical (unpaired) electrons. The maximum absolute atomic E-state index is 14.4. The van der Waals surface area contributed by atoms with Gasteiger partial charge in [0.15, 0.2) is 5.60 Å². The first-order valence-corrected chi connectivity index (χ1v) is 10.4. The zero-order valence-corrected chi connectivity index (χ0v) is 16.8. The monoisotopic (exact) mass is 406 g/mol. The lowest BCUT2D eigenvalue weighted by Crippen LogP contribution is -2.50. The summed E-state index contributed by atoms with van der Waals surface area (Å²) in [4.78, 5) is 21.9. The molecule has 3 fully saturated rings. The number of halogens is 1. The Hall–Kier alpha value is -2.98. The van der Waals surface area contributed by atoms with Crippen molar-refractivity contribution in [1.82, 2.24) is 9.88 Å². The van der Waals surface area contributed by atoms with Gasteiger partial charge in [-0.1, -0.05) is 18.2 Å². The second-order valence-electron chi connectivity index (χ2n) is 8.30. The molecule has 0 N–H and O–H groups in total. The molecule has 2 atom stereocenters. The molecule has 3 aliphatic rings. The Morgan fingerprint density at radius 2 is 1.97 bits per heavy atom. The van der Waals surface area contributed by atoms with Gasteiger partial charge < -0.3 is 14.5 Å². The molecule has 1 spiro atoms. The zero-order chi connectivity index (χ0) is 20.9. The highest BCUT2D eigenvalue weighted by molar-refractivity contribution is 5.88. The van der Waals surface area contributed by atoms with Gasteiger partial charge in [0.05, 0.1) is 17.3 Å². The predicted molar refractivity (Wildman–Crippen MR) is 108 cm³/mol. The normalized spacial score (nSPS) is 24.9. The summed E-state index contributed by atoms with van der Waals surface area (Å²) in [7, 11) is 0. The fraction of sp³-hybridized carbons (Fsp3) is 0.435. The van der Waals surface area contributed by atoms with Crippen molar-refractivity contribution in [2.75, 3.05) is 18.0 Å². The number of fused-ring (bicyclic) bond motifs is 1. The molecule has 6 nitrogen and oxygen atoms in total. The van der Waals surface area contributed by atoms with Crippen molar-refractivity contribution >= 4 is 11.7 Å². The molecule has 0 unspecified atom stereocenters. The van der Waals surface area contributed by atoms with Crippen molar-refractivity contribution in [2.45, 2.75) is 50.5 Å². The van der Waals surface area contributed by atoms with E-state index in [0.29, 0.717) is 49.2 Å². The summed E-state index contributed by atoms with van der Waals surface area (Å²) in [5, 5.41) is 9.10. The molecule has 3 aliphatic heterocycles. The third kappa shape index (κ3) is 2.86. The van der Waals surface area contributed by atoms with E-state index in [0.717, 1.165) is 12.2 Å². The number of carbonyl (C=O) groups excluding carboxylic acids is 1. The van der Waals surface area contributed by atoms with E-state index in [4.69, 9.17) is 10.00 Å². The first kappa shape index (κ1) is 19.0. The van der Waals surface area contributed by atoms with Gasteiger partial charge in [-0.3, -0.25) is 4.79 Å². The van der Waals surface area contributed by atoms with Crippen molar-refractivity contribution in [3.8, 4) is 6.07 Å². The van der Waals surface area contributed by atoms with E-state index in [1.807, 2.05) is 19.1 Å². The Morgan fingerprint density at radius 1 is 1.20 bits per heavy atom. The molecular weight excluding hydrogens is 383 g/mol. The van der Waals surface area contributed by atoms with Crippen molar-refractivity contribution < 1.29 is 13.9 Å². The van der Waals surface area contributed by atoms with Crippen LogP contribution in [-0.2, 0) is 9.53 Å². The minimum atomic E-state index is -0.827. The molecule has 4 heterocycles. The quantitative estimate of drug-likeness (QED) is 0.764. The number of piperidine rings is 1. The predicted octanol–water partition coefficient (Wildman–Crippen LogP) is 3.46. The molecule has 154 valence electrons. The number of hydrogen-bond acceptors (Lipinski definition) is 5. The van der Waals surface area contributed by atoms with Crippen LogP contribution in [0.4, 0.5) is 10.2 Å². The average Bonchev–Trinajstić information content (AvgIpc) is 3.27. The van der Waals surface area contributed by atoms with Crippen LogP contribution in [0.2, 0.25) is 0 Å². The maximum Gasteiger partial charge on any atom is 0.257 e. The summed E-state index contributed by atoms with van der Waals surface area (Å²) in [6.07, 6.45) is 2.32. The summed E-state index contributed by atoms with van der Waals surface area (Å²) in [6, 6.07) is 12.2. The van der Waals surface area contributed by atoms with E-state index in [2.05, 4.69) is 16.0 Å². The van der Waals surface area contributed by atoms with Crippen LogP contribution in [0.1, 0.15) is 48.5 Å². The van der Waals surface area contributed by atoms with Crippen LogP contribution in [0.5, 0.6) is 0 Å². The number of aromatic nitrogens is 1. The number of benzene rings is 1. The molecule has 0 aliphatic carbocycles. The van der Waals surface area contributed by atoms with Gasteiger partial charge >= 0.3 is 0 Å². The molecule has 1 aromatic carbocycles.